The van der Waals surface area contributed by atoms with Crippen molar-refractivity contribution in [2.45, 2.75) is 42.9 Å². The lowest BCUT2D eigenvalue weighted by Crippen LogP contribution is -2.48. The van der Waals surface area contributed by atoms with Crippen LogP contribution in [0.3, 0.4) is 0 Å². The molecule has 4 N–H and O–H groups in total. The molecule has 0 radical (unpaired) electrons. The number of alkyl halides is 3. The highest BCUT2D eigenvalue weighted by Crippen LogP contribution is 2.31. The number of halogens is 3. The molecule has 1 amide bonds. The molecule has 3 aromatic rings. The largest absolute Gasteiger partial charge is 0.480 e. The topological polar surface area (TPSA) is 184 Å². The lowest BCUT2D eigenvalue weighted by Gasteiger charge is -2.32. The number of aromatic nitrogens is 4. The summed E-state index contributed by atoms with van der Waals surface area (Å²) in [4.78, 5) is 43.0. The third kappa shape index (κ3) is 6.85. The number of benzene rings is 1. The van der Waals surface area contributed by atoms with Crippen LogP contribution < -0.4 is 20.3 Å². The third-order valence-corrected chi connectivity index (χ3v) is 8.60. The molecule has 43 heavy (non-hydrogen) atoms. The van der Waals surface area contributed by atoms with Crippen LogP contribution in [0.15, 0.2) is 46.8 Å². The number of aliphatic imine (C=N–C) groups is 1. The second kappa shape index (κ2) is 12.1. The summed E-state index contributed by atoms with van der Waals surface area (Å²) in [6.07, 6.45) is -0.228. The monoisotopic (exact) mass is 623 g/mol. The van der Waals surface area contributed by atoms with Crippen molar-refractivity contribution in [3.8, 4) is 0 Å². The molecule has 0 aliphatic carbocycles. The Bertz CT molecular complexity index is 1650. The fourth-order valence-corrected chi connectivity index (χ4v) is 6.11. The minimum Gasteiger partial charge on any atom is -0.480 e. The van der Waals surface area contributed by atoms with Crippen LogP contribution in [0.2, 0.25) is 0 Å². The van der Waals surface area contributed by atoms with Gasteiger partial charge in [0.05, 0.1) is 23.3 Å². The zero-order chi connectivity index (χ0) is 30.8. The summed E-state index contributed by atoms with van der Waals surface area (Å²) in [6.45, 7) is 1.94. The van der Waals surface area contributed by atoms with Crippen LogP contribution in [0.5, 0.6) is 0 Å². The number of carbonyl (C=O) groups is 2. The minimum atomic E-state index is -4.78. The van der Waals surface area contributed by atoms with E-state index in [4.69, 9.17) is 0 Å². The number of sulfonamides is 1. The molecule has 5 rings (SSSR count). The van der Waals surface area contributed by atoms with E-state index in [-0.39, 0.29) is 17.5 Å². The predicted molar refractivity (Wildman–Crippen MR) is 147 cm³/mol. The number of hydrogen-bond donors (Lipinski definition) is 4. The van der Waals surface area contributed by atoms with E-state index >= 15 is 0 Å². The molecule has 0 spiro atoms. The maximum atomic E-state index is 13.1. The standard InChI is InChI=1S/C25H28F3N9O5S/c26-25(27,28)16-3-1-4-17(11-16)43(41,42)35-18(23(39)40)12-37-14-33-19-20(31-13-32-21(19)37)36-9-5-15(6-10-36)22(38)34-24-29-7-2-8-30-24/h1,3-4,11,13-15,18,35H,2,5-10,12H2,(H,39,40)(H2,29,30,34,38). The van der Waals surface area contributed by atoms with E-state index in [0.29, 0.717) is 61.9 Å². The number of aliphatic carboxylic acids is 1. The Morgan fingerprint density at radius 3 is 2.60 bits per heavy atom. The maximum Gasteiger partial charge on any atom is 0.416 e. The SMILES string of the molecule is O=C(NC1=NCCCN1)C1CCN(c2ncnc3c2ncn3CC(NS(=O)(=O)c2cccc(C(F)(F)F)c2)C(=O)O)CC1. The number of nitrogens with zero attached hydrogens (tertiary/aromatic N) is 6. The summed E-state index contributed by atoms with van der Waals surface area (Å²) in [7, 11) is -4.64. The molecule has 4 heterocycles. The Morgan fingerprint density at radius 2 is 1.93 bits per heavy atom. The first-order chi connectivity index (χ1) is 20.4. The van der Waals surface area contributed by atoms with Crippen LogP contribution in [0.1, 0.15) is 24.8 Å². The van der Waals surface area contributed by atoms with Crippen LogP contribution in [0.25, 0.3) is 11.2 Å². The Kier molecular flexibility index (Phi) is 8.50. The third-order valence-electron chi connectivity index (χ3n) is 7.13. The van der Waals surface area contributed by atoms with Crippen LogP contribution in [0, 0.1) is 5.92 Å². The molecule has 1 saturated heterocycles. The molecule has 1 atom stereocenters. The van der Waals surface area contributed by atoms with Gasteiger partial charge in [-0.2, -0.15) is 17.9 Å². The Hall–Kier alpha value is -4.32. The number of hydrogen-bond acceptors (Lipinski definition) is 10. The molecular weight excluding hydrogens is 595 g/mol. The van der Waals surface area contributed by atoms with Gasteiger partial charge in [-0.1, -0.05) is 6.07 Å². The number of carbonyl (C=O) groups excluding carboxylic acids is 1. The van der Waals surface area contributed by atoms with Crippen LogP contribution >= 0.6 is 0 Å². The number of piperidine rings is 1. The zero-order valence-electron chi connectivity index (χ0n) is 22.6. The molecular formula is C25H28F3N9O5S. The van der Waals surface area contributed by atoms with Crippen molar-refractivity contribution in [1.29, 1.82) is 0 Å². The molecule has 18 heteroatoms. The average molecular weight is 624 g/mol. The van der Waals surface area contributed by atoms with Gasteiger partial charge in [-0.3, -0.25) is 19.9 Å². The van der Waals surface area contributed by atoms with E-state index in [1.807, 2.05) is 9.62 Å². The second-order valence-electron chi connectivity index (χ2n) is 10.1. The molecule has 2 aromatic heterocycles. The lowest BCUT2D eigenvalue weighted by molar-refractivity contribution is -0.139. The first-order valence-electron chi connectivity index (χ1n) is 13.3. The Balaban J connectivity index is 1.28. The van der Waals surface area contributed by atoms with Gasteiger partial charge in [-0.05, 0) is 37.5 Å². The highest BCUT2D eigenvalue weighted by Gasteiger charge is 2.33. The molecule has 1 fully saturated rings. The van der Waals surface area contributed by atoms with E-state index in [1.54, 1.807) is 0 Å². The van der Waals surface area contributed by atoms with Crippen molar-refractivity contribution in [3.05, 3.63) is 42.5 Å². The van der Waals surface area contributed by atoms with Gasteiger partial charge in [0.2, 0.25) is 15.9 Å². The maximum absolute atomic E-state index is 13.1. The normalized spacial score (nSPS) is 17.3. The van der Waals surface area contributed by atoms with E-state index in [9.17, 15) is 36.3 Å². The van der Waals surface area contributed by atoms with Gasteiger partial charge in [-0.15, -0.1) is 0 Å². The fourth-order valence-electron chi connectivity index (χ4n) is 4.88. The number of amides is 1. The number of imidazole rings is 1. The van der Waals surface area contributed by atoms with Crippen molar-refractivity contribution < 1.29 is 36.3 Å². The van der Waals surface area contributed by atoms with Gasteiger partial charge in [0.25, 0.3) is 0 Å². The number of rotatable bonds is 8. The van der Waals surface area contributed by atoms with Crippen molar-refractivity contribution in [1.82, 2.24) is 34.9 Å². The van der Waals surface area contributed by atoms with Crippen LogP contribution in [-0.4, -0.2) is 83.1 Å². The number of guanidine groups is 1. The van der Waals surface area contributed by atoms with Gasteiger partial charge in [0.15, 0.2) is 22.9 Å². The molecule has 0 bridgehead atoms. The molecule has 230 valence electrons. The van der Waals surface area contributed by atoms with Crippen LogP contribution in [0.4, 0.5) is 19.0 Å². The van der Waals surface area contributed by atoms with Gasteiger partial charge < -0.3 is 19.9 Å². The summed E-state index contributed by atoms with van der Waals surface area (Å²) < 4.78 is 68.2. The number of anilines is 1. The smallest absolute Gasteiger partial charge is 0.416 e. The fraction of sp³-hybridized carbons (Fsp3) is 0.440. The number of fused-ring (bicyclic) bond motifs is 1. The number of carboxylic acid groups (broad SMARTS) is 1. The molecule has 2 aliphatic rings. The van der Waals surface area contributed by atoms with E-state index in [0.717, 1.165) is 25.1 Å². The summed E-state index contributed by atoms with van der Waals surface area (Å²) in [5, 5.41) is 15.6. The van der Waals surface area contributed by atoms with Crippen molar-refractivity contribution in [2.75, 3.05) is 31.1 Å². The molecule has 0 saturated carbocycles. The van der Waals surface area contributed by atoms with Gasteiger partial charge in [-0.25, -0.2) is 23.4 Å². The van der Waals surface area contributed by atoms with Crippen molar-refractivity contribution in [3.63, 3.8) is 0 Å². The molecule has 1 unspecified atom stereocenters. The number of carboxylic acids is 1. The highest BCUT2D eigenvalue weighted by atomic mass is 32.2. The second-order valence-corrected chi connectivity index (χ2v) is 11.8. The molecule has 1 aromatic carbocycles. The van der Waals surface area contributed by atoms with Crippen LogP contribution in [-0.2, 0) is 32.3 Å². The Labute approximate surface area is 243 Å². The zero-order valence-corrected chi connectivity index (χ0v) is 23.4. The summed E-state index contributed by atoms with van der Waals surface area (Å²) >= 11 is 0. The quantitative estimate of drug-likeness (QED) is 0.282. The summed E-state index contributed by atoms with van der Waals surface area (Å²) in [6, 6.07) is 1.25. The van der Waals surface area contributed by atoms with E-state index in [2.05, 4.69) is 30.6 Å². The summed E-state index contributed by atoms with van der Waals surface area (Å²) in [5.74, 6) is -0.937. The Morgan fingerprint density at radius 1 is 1.16 bits per heavy atom. The van der Waals surface area contributed by atoms with E-state index in [1.165, 1.54) is 17.2 Å². The van der Waals surface area contributed by atoms with E-state index < -0.39 is 45.2 Å². The average Bonchev–Trinajstić information content (AvgIpc) is 3.40. The number of nitrogens with one attached hydrogen (secondary N) is 3. The molecule has 2 aliphatic heterocycles. The lowest BCUT2D eigenvalue weighted by atomic mass is 9.96. The van der Waals surface area contributed by atoms with Crippen molar-refractivity contribution in [2.24, 2.45) is 10.9 Å². The van der Waals surface area contributed by atoms with Gasteiger partial charge in [0.1, 0.15) is 12.4 Å². The summed E-state index contributed by atoms with van der Waals surface area (Å²) in [5.41, 5.74) is -0.612. The first-order valence-corrected chi connectivity index (χ1v) is 14.8. The highest BCUT2D eigenvalue weighted by molar-refractivity contribution is 7.89. The van der Waals surface area contributed by atoms with Gasteiger partial charge >= 0.3 is 12.1 Å². The minimum absolute atomic E-state index is 0.114. The first kappa shape index (κ1) is 30.1. The van der Waals surface area contributed by atoms with Crippen molar-refractivity contribution >= 4 is 44.8 Å². The van der Waals surface area contributed by atoms with Gasteiger partial charge in [0, 0.05) is 32.1 Å². The molecule has 14 nitrogen and oxygen atoms in total. The predicted octanol–water partition coefficient (Wildman–Crippen LogP) is 0.959.